The Morgan fingerprint density at radius 3 is 2.74 bits per heavy atom. The predicted molar refractivity (Wildman–Crippen MR) is 112 cm³/mol. The van der Waals surface area contributed by atoms with Gasteiger partial charge in [-0.15, -0.1) is 11.3 Å². The number of thioether (sulfide) groups is 1. The fourth-order valence-electron chi connectivity index (χ4n) is 2.74. The van der Waals surface area contributed by atoms with Crippen LogP contribution in [0.4, 0.5) is 0 Å². The Morgan fingerprint density at radius 2 is 2.04 bits per heavy atom. The van der Waals surface area contributed by atoms with E-state index in [0.717, 1.165) is 4.88 Å². The van der Waals surface area contributed by atoms with Crippen LogP contribution >= 0.6 is 23.1 Å². The molecule has 0 spiro atoms. The summed E-state index contributed by atoms with van der Waals surface area (Å²) in [6.07, 6.45) is 0. The number of benzene rings is 1. The summed E-state index contributed by atoms with van der Waals surface area (Å²) in [5, 5.41) is 3.22. The molecule has 0 saturated carbocycles. The van der Waals surface area contributed by atoms with E-state index < -0.39 is 0 Å². The number of carbonyl (C=O) groups excluding carboxylic acids is 1. The van der Waals surface area contributed by atoms with Crippen LogP contribution in [0.15, 0.2) is 51.7 Å². The van der Waals surface area contributed by atoms with Crippen molar-refractivity contribution in [1.29, 1.82) is 0 Å². The molecule has 27 heavy (non-hydrogen) atoms. The van der Waals surface area contributed by atoms with Crippen LogP contribution in [0.1, 0.15) is 18.7 Å². The minimum atomic E-state index is -0.0452. The smallest absolute Gasteiger partial charge is 0.262 e. The van der Waals surface area contributed by atoms with E-state index in [4.69, 9.17) is 0 Å². The second-order valence-corrected chi connectivity index (χ2v) is 8.81. The number of thiophene rings is 1. The van der Waals surface area contributed by atoms with Gasteiger partial charge in [0, 0.05) is 18.5 Å². The molecule has 0 aliphatic rings. The maximum Gasteiger partial charge on any atom is 0.262 e. The van der Waals surface area contributed by atoms with Gasteiger partial charge in [0.2, 0.25) is 5.91 Å². The van der Waals surface area contributed by atoms with Gasteiger partial charge >= 0.3 is 0 Å². The van der Waals surface area contributed by atoms with Crippen molar-refractivity contribution >= 4 is 39.9 Å². The first kappa shape index (κ1) is 19.6. The molecule has 7 heteroatoms. The Kier molecular flexibility index (Phi) is 6.34. The van der Waals surface area contributed by atoms with Crippen molar-refractivity contribution in [3.8, 4) is 0 Å². The first-order valence-electron chi connectivity index (χ1n) is 8.84. The minimum absolute atomic E-state index is 0.0203. The molecule has 0 bridgehead atoms. The molecule has 0 aliphatic heterocycles. The highest BCUT2D eigenvalue weighted by Gasteiger charge is 2.16. The van der Waals surface area contributed by atoms with E-state index >= 15 is 0 Å². The minimum Gasteiger partial charge on any atom is -0.340 e. The molecule has 142 valence electrons. The number of carbonyl (C=O) groups is 1. The number of rotatable bonds is 7. The largest absolute Gasteiger partial charge is 0.340 e. The molecule has 0 unspecified atom stereocenters. The molecular formula is C20H23N3O2S2. The molecule has 0 radical (unpaired) electrons. The molecule has 0 atom stereocenters. The Labute approximate surface area is 167 Å². The van der Waals surface area contributed by atoms with Crippen LogP contribution < -0.4 is 5.56 Å². The molecule has 5 nitrogen and oxygen atoms in total. The van der Waals surface area contributed by atoms with E-state index in [1.807, 2.05) is 35.7 Å². The highest BCUT2D eigenvalue weighted by molar-refractivity contribution is 7.99. The second-order valence-electron chi connectivity index (χ2n) is 6.84. The van der Waals surface area contributed by atoms with Crippen LogP contribution in [-0.4, -0.2) is 33.2 Å². The van der Waals surface area contributed by atoms with Gasteiger partial charge < -0.3 is 4.90 Å². The Balaban J connectivity index is 1.80. The van der Waals surface area contributed by atoms with Gasteiger partial charge in [-0.1, -0.05) is 43.8 Å². The quantitative estimate of drug-likeness (QED) is 0.446. The predicted octanol–water partition coefficient (Wildman–Crippen LogP) is 3.86. The van der Waals surface area contributed by atoms with E-state index in [0.29, 0.717) is 35.1 Å². The maximum atomic E-state index is 12.9. The third-order valence-corrected chi connectivity index (χ3v) is 5.92. The molecule has 1 amide bonds. The number of aromatic nitrogens is 2. The van der Waals surface area contributed by atoms with E-state index in [1.165, 1.54) is 11.8 Å². The van der Waals surface area contributed by atoms with Crippen molar-refractivity contribution in [3.63, 3.8) is 0 Å². The molecule has 2 heterocycles. The van der Waals surface area contributed by atoms with E-state index in [2.05, 4.69) is 18.8 Å². The summed E-state index contributed by atoms with van der Waals surface area (Å²) in [4.78, 5) is 32.9. The third-order valence-electron chi connectivity index (χ3n) is 4.10. The molecule has 3 aromatic rings. The Morgan fingerprint density at radius 1 is 1.26 bits per heavy atom. The van der Waals surface area contributed by atoms with E-state index in [1.54, 1.807) is 33.9 Å². The molecule has 0 saturated heterocycles. The second kappa shape index (κ2) is 8.71. The molecule has 0 aliphatic carbocycles. The maximum absolute atomic E-state index is 12.9. The average Bonchev–Trinajstić information content (AvgIpc) is 3.15. The van der Waals surface area contributed by atoms with Gasteiger partial charge in [0.1, 0.15) is 0 Å². The lowest BCUT2D eigenvalue weighted by molar-refractivity contribution is -0.127. The molecule has 2 aromatic heterocycles. The van der Waals surface area contributed by atoms with Gasteiger partial charge in [0.15, 0.2) is 5.16 Å². The first-order valence-corrected chi connectivity index (χ1v) is 10.7. The summed E-state index contributed by atoms with van der Waals surface area (Å²) in [5.41, 5.74) is 0.626. The van der Waals surface area contributed by atoms with Gasteiger partial charge in [-0.05, 0) is 29.5 Å². The van der Waals surface area contributed by atoms with Gasteiger partial charge in [0.25, 0.3) is 5.56 Å². The van der Waals surface area contributed by atoms with Gasteiger partial charge in [-0.25, -0.2) is 4.98 Å². The summed E-state index contributed by atoms with van der Waals surface area (Å²) in [5.74, 6) is 0.583. The van der Waals surface area contributed by atoms with Crippen LogP contribution in [0.2, 0.25) is 0 Å². The Hall–Kier alpha value is -2.12. The fourth-order valence-corrected chi connectivity index (χ4v) is 4.45. The lowest BCUT2D eigenvalue weighted by Crippen LogP contribution is -2.29. The molecule has 0 N–H and O–H groups in total. The van der Waals surface area contributed by atoms with E-state index in [-0.39, 0.29) is 17.2 Å². The van der Waals surface area contributed by atoms with Crippen LogP contribution in [0, 0.1) is 5.92 Å². The van der Waals surface area contributed by atoms with Gasteiger partial charge in [-0.2, -0.15) is 0 Å². The lowest BCUT2D eigenvalue weighted by atomic mass is 10.2. The lowest BCUT2D eigenvalue weighted by Gasteiger charge is -2.18. The molecule has 3 rings (SSSR count). The normalized spacial score (nSPS) is 11.3. The van der Waals surface area contributed by atoms with Crippen molar-refractivity contribution < 1.29 is 4.79 Å². The highest BCUT2D eigenvalue weighted by Crippen LogP contribution is 2.20. The van der Waals surface area contributed by atoms with Crippen molar-refractivity contribution in [2.75, 3.05) is 12.8 Å². The van der Waals surface area contributed by atoms with Crippen molar-refractivity contribution in [2.45, 2.75) is 32.1 Å². The topological polar surface area (TPSA) is 55.2 Å². The zero-order chi connectivity index (χ0) is 19.4. The number of nitrogens with zero attached hydrogens (tertiary/aromatic N) is 3. The first-order chi connectivity index (χ1) is 13.0. The number of hydrogen-bond donors (Lipinski definition) is 0. The summed E-state index contributed by atoms with van der Waals surface area (Å²) in [6.45, 7) is 5.31. The summed E-state index contributed by atoms with van der Waals surface area (Å²) < 4.78 is 1.70. The summed E-state index contributed by atoms with van der Waals surface area (Å²) in [6, 6.07) is 11.4. The molecular weight excluding hydrogens is 378 g/mol. The SMILES string of the molecule is CC(C)Cn1c(SCC(=O)N(C)Cc2cccs2)nc2ccccc2c1=O. The van der Waals surface area contributed by atoms with Crippen LogP contribution in [0.5, 0.6) is 0 Å². The number of amides is 1. The van der Waals surface area contributed by atoms with Gasteiger partial charge in [0.05, 0.1) is 23.2 Å². The number of hydrogen-bond acceptors (Lipinski definition) is 5. The van der Waals surface area contributed by atoms with Crippen LogP contribution in [-0.2, 0) is 17.9 Å². The van der Waals surface area contributed by atoms with Crippen molar-refractivity contribution in [3.05, 3.63) is 57.0 Å². The average molecular weight is 402 g/mol. The fraction of sp³-hybridized carbons (Fsp3) is 0.350. The monoisotopic (exact) mass is 401 g/mol. The van der Waals surface area contributed by atoms with Crippen molar-refractivity contribution in [2.24, 2.45) is 5.92 Å². The Bertz CT molecular complexity index is 981. The standard InChI is InChI=1S/C20H23N3O2S2/c1-14(2)11-23-19(25)16-8-4-5-9-17(16)21-20(23)27-13-18(24)22(3)12-15-7-6-10-26-15/h4-10,14H,11-13H2,1-3H3. The van der Waals surface area contributed by atoms with Crippen molar-refractivity contribution in [1.82, 2.24) is 14.5 Å². The van der Waals surface area contributed by atoms with Crippen LogP contribution in [0.25, 0.3) is 10.9 Å². The third kappa shape index (κ3) is 4.78. The van der Waals surface area contributed by atoms with Gasteiger partial charge in [-0.3, -0.25) is 14.2 Å². The molecule has 1 aromatic carbocycles. The highest BCUT2D eigenvalue weighted by atomic mass is 32.2. The molecule has 0 fully saturated rings. The number of para-hydroxylation sites is 1. The number of fused-ring (bicyclic) bond motifs is 1. The van der Waals surface area contributed by atoms with Crippen LogP contribution in [0.3, 0.4) is 0 Å². The summed E-state index contributed by atoms with van der Waals surface area (Å²) in [7, 11) is 1.80. The zero-order valence-electron chi connectivity index (χ0n) is 15.7. The summed E-state index contributed by atoms with van der Waals surface area (Å²) >= 11 is 2.97. The van der Waals surface area contributed by atoms with E-state index in [9.17, 15) is 9.59 Å². The zero-order valence-corrected chi connectivity index (χ0v) is 17.3.